The third kappa shape index (κ3) is 2.97. The van der Waals surface area contributed by atoms with E-state index in [0.717, 1.165) is 23.7 Å². The largest absolute Gasteiger partial charge is 0.248 e. The van der Waals surface area contributed by atoms with E-state index in [-0.39, 0.29) is 0 Å². The molecule has 7 heteroatoms. The summed E-state index contributed by atoms with van der Waals surface area (Å²) >= 11 is 8.22. The summed E-state index contributed by atoms with van der Waals surface area (Å²) in [6, 6.07) is 2.05. The Labute approximate surface area is 115 Å². The van der Waals surface area contributed by atoms with Crippen molar-refractivity contribution in [2.24, 2.45) is 0 Å². The van der Waals surface area contributed by atoms with Gasteiger partial charge in [-0.05, 0) is 52.5 Å². The Hall–Kier alpha value is -0.110. The fraction of sp³-hybridized carbons (Fsp3) is 0.222. The smallest absolute Gasteiger partial charge is 0.181 e. The highest BCUT2D eigenvalue weighted by Crippen LogP contribution is 2.35. The first-order valence-corrected chi connectivity index (χ1v) is 8.01. The van der Waals surface area contributed by atoms with Gasteiger partial charge >= 0.3 is 0 Å². The zero-order valence-corrected chi connectivity index (χ0v) is 12.6. The summed E-state index contributed by atoms with van der Waals surface area (Å²) in [5.74, 6) is 0. The Balaban J connectivity index is 2.20. The van der Waals surface area contributed by atoms with Gasteiger partial charge in [0.05, 0.1) is 4.47 Å². The number of hydrogen-bond donors (Lipinski definition) is 0. The van der Waals surface area contributed by atoms with E-state index in [1.807, 2.05) is 25.4 Å². The molecule has 0 aromatic carbocycles. The fourth-order valence-corrected chi connectivity index (χ4v) is 4.02. The highest BCUT2D eigenvalue weighted by atomic mass is 79.9. The van der Waals surface area contributed by atoms with E-state index < -0.39 is 0 Å². The van der Waals surface area contributed by atoms with Gasteiger partial charge in [0.15, 0.2) is 8.68 Å². The third-order valence-corrected chi connectivity index (χ3v) is 5.53. The molecule has 0 aliphatic heterocycles. The molecule has 0 unspecified atom stereocenters. The molecule has 2 heterocycles. The maximum Gasteiger partial charge on any atom is 0.181 e. The average molecular weight is 334 g/mol. The van der Waals surface area contributed by atoms with Gasteiger partial charge < -0.3 is 0 Å². The molecule has 0 atom stereocenters. The Morgan fingerprint density at radius 2 is 2.06 bits per heavy atom. The second-order valence-corrected chi connectivity index (χ2v) is 7.06. The maximum absolute atomic E-state index is 4.36. The molecule has 0 saturated heterocycles. The van der Waals surface area contributed by atoms with E-state index in [2.05, 4.69) is 31.1 Å². The van der Waals surface area contributed by atoms with Gasteiger partial charge in [-0.2, -0.15) is 0 Å². The van der Waals surface area contributed by atoms with E-state index >= 15 is 0 Å². The molecule has 0 aliphatic rings. The van der Waals surface area contributed by atoms with Crippen molar-refractivity contribution < 1.29 is 0 Å². The van der Waals surface area contributed by atoms with E-state index in [1.54, 1.807) is 23.1 Å². The summed E-state index contributed by atoms with van der Waals surface area (Å²) in [7, 11) is 0. The van der Waals surface area contributed by atoms with Crippen LogP contribution in [-0.2, 0) is 0 Å². The molecule has 2 aromatic rings. The molecule has 3 nitrogen and oxygen atoms in total. The molecule has 0 radical (unpaired) electrons. The van der Waals surface area contributed by atoms with Crippen LogP contribution in [0.2, 0.25) is 0 Å². The molecule has 0 aliphatic carbocycles. The molecule has 0 bridgehead atoms. The third-order valence-electron chi connectivity index (χ3n) is 1.69. The van der Waals surface area contributed by atoms with Crippen LogP contribution in [0.1, 0.15) is 5.56 Å². The van der Waals surface area contributed by atoms with Crippen LogP contribution < -0.4 is 0 Å². The SMILES string of the molecule is CSc1nnc(Sc2ncc(C)cc2Br)s1. The number of nitrogens with zero attached hydrogens (tertiary/aromatic N) is 3. The number of aryl methyl sites for hydroxylation is 1. The van der Waals surface area contributed by atoms with Crippen molar-refractivity contribution in [2.45, 2.75) is 20.6 Å². The summed E-state index contributed by atoms with van der Waals surface area (Å²) in [4.78, 5) is 4.36. The van der Waals surface area contributed by atoms with Crippen molar-refractivity contribution in [3.8, 4) is 0 Å². The first-order chi connectivity index (χ1) is 7.69. The summed E-state index contributed by atoms with van der Waals surface area (Å²) in [6.45, 7) is 2.02. The zero-order chi connectivity index (χ0) is 11.5. The molecule has 0 saturated carbocycles. The van der Waals surface area contributed by atoms with Crippen molar-refractivity contribution in [2.75, 3.05) is 6.26 Å². The van der Waals surface area contributed by atoms with Gasteiger partial charge in [-0.25, -0.2) is 4.98 Å². The van der Waals surface area contributed by atoms with Gasteiger partial charge in [-0.15, -0.1) is 10.2 Å². The number of thioether (sulfide) groups is 1. The van der Waals surface area contributed by atoms with Crippen molar-refractivity contribution >= 4 is 50.8 Å². The van der Waals surface area contributed by atoms with Gasteiger partial charge in [0.1, 0.15) is 5.03 Å². The second-order valence-electron chi connectivity index (χ2n) is 2.94. The zero-order valence-electron chi connectivity index (χ0n) is 8.60. The van der Waals surface area contributed by atoms with Crippen LogP contribution in [-0.4, -0.2) is 21.4 Å². The Morgan fingerprint density at radius 3 is 2.69 bits per heavy atom. The lowest BCUT2D eigenvalue weighted by Gasteiger charge is -2.00. The van der Waals surface area contributed by atoms with Crippen LogP contribution in [0.5, 0.6) is 0 Å². The molecule has 2 rings (SSSR count). The molecule has 0 fully saturated rings. The minimum atomic E-state index is 0.918. The number of pyridine rings is 1. The average Bonchev–Trinajstić information content (AvgIpc) is 2.70. The minimum absolute atomic E-state index is 0.918. The monoisotopic (exact) mass is 333 g/mol. The van der Waals surface area contributed by atoms with E-state index in [0.29, 0.717) is 0 Å². The van der Waals surface area contributed by atoms with Crippen LogP contribution in [0.3, 0.4) is 0 Å². The van der Waals surface area contributed by atoms with Crippen molar-refractivity contribution in [1.29, 1.82) is 0 Å². The van der Waals surface area contributed by atoms with E-state index in [4.69, 9.17) is 0 Å². The van der Waals surface area contributed by atoms with Gasteiger partial charge in [0.2, 0.25) is 0 Å². The van der Waals surface area contributed by atoms with Crippen LogP contribution in [0, 0.1) is 6.92 Å². The molecule has 0 amide bonds. The predicted molar refractivity (Wildman–Crippen MR) is 72.5 cm³/mol. The number of hydrogen-bond acceptors (Lipinski definition) is 6. The van der Waals surface area contributed by atoms with Crippen molar-refractivity contribution in [3.63, 3.8) is 0 Å². The second kappa shape index (κ2) is 5.48. The van der Waals surface area contributed by atoms with E-state index in [1.165, 1.54) is 11.8 Å². The Morgan fingerprint density at radius 1 is 1.31 bits per heavy atom. The summed E-state index contributed by atoms with van der Waals surface area (Å²) in [6.07, 6.45) is 3.85. The predicted octanol–water partition coefficient (Wildman–Crippen LogP) is 3.88. The molecular formula is C9H8BrN3S3. The quantitative estimate of drug-likeness (QED) is 0.797. The maximum atomic E-state index is 4.36. The minimum Gasteiger partial charge on any atom is -0.248 e. The van der Waals surface area contributed by atoms with Gasteiger partial charge in [-0.3, -0.25) is 0 Å². The van der Waals surface area contributed by atoms with Gasteiger partial charge in [0, 0.05) is 6.20 Å². The standard InChI is InChI=1S/C9H8BrN3S3/c1-5-3-6(10)7(11-4-5)15-9-13-12-8(14-2)16-9/h3-4H,1-2H3. The Bertz CT molecular complexity index is 500. The highest BCUT2D eigenvalue weighted by Gasteiger charge is 2.09. The summed E-state index contributed by atoms with van der Waals surface area (Å²) in [5.41, 5.74) is 1.14. The molecule has 0 spiro atoms. The normalized spacial score (nSPS) is 10.7. The number of halogens is 1. The summed E-state index contributed by atoms with van der Waals surface area (Å²) < 4.78 is 2.89. The first-order valence-electron chi connectivity index (χ1n) is 4.36. The van der Waals surface area contributed by atoms with Crippen LogP contribution >= 0.6 is 50.8 Å². The van der Waals surface area contributed by atoms with Gasteiger partial charge in [0.25, 0.3) is 0 Å². The van der Waals surface area contributed by atoms with Gasteiger partial charge in [-0.1, -0.05) is 23.1 Å². The first kappa shape index (κ1) is 12.3. The Kier molecular flexibility index (Phi) is 4.23. The lowest BCUT2D eigenvalue weighted by molar-refractivity contribution is 0.952. The highest BCUT2D eigenvalue weighted by molar-refractivity contribution is 9.10. The number of rotatable bonds is 3. The molecular weight excluding hydrogens is 326 g/mol. The van der Waals surface area contributed by atoms with Crippen LogP contribution in [0.25, 0.3) is 0 Å². The molecule has 16 heavy (non-hydrogen) atoms. The molecule has 84 valence electrons. The fourth-order valence-electron chi connectivity index (χ4n) is 1.000. The van der Waals surface area contributed by atoms with Crippen LogP contribution in [0.4, 0.5) is 0 Å². The van der Waals surface area contributed by atoms with Crippen molar-refractivity contribution in [3.05, 3.63) is 22.3 Å². The van der Waals surface area contributed by atoms with Crippen molar-refractivity contribution in [1.82, 2.24) is 15.2 Å². The lowest BCUT2D eigenvalue weighted by Crippen LogP contribution is -1.83. The van der Waals surface area contributed by atoms with Crippen LogP contribution in [0.15, 0.2) is 30.4 Å². The summed E-state index contributed by atoms with van der Waals surface area (Å²) in [5, 5.41) is 9.07. The number of aromatic nitrogens is 3. The topological polar surface area (TPSA) is 38.7 Å². The van der Waals surface area contributed by atoms with E-state index in [9.17, 15) is 0 Å². The molecule has 0 N–H and O–H groups in total. The molecule has 2 aromatic heterocycles. The lowest BCUT2D eigenvalue weighted by atomic mass is 10.3.